The third-order valence-electron chi connectivity index (χ3n) is 3.95. The number of rotatable bonds is 6. The first kappa shape index (κ1) is 24.3. The van der Waals surface area contributed by atoms with Gasteiger partial charge in [-0.25, -0.2) is 0 Å². The molecule has 0 bridgehead atoms. The summed E-state index contributed by atoms with van der Waals surface area (Å²) in [6.07, 6.45) is -9.03. The van der Waals surface area contributed by atoms with Gasteiger partial charge < -0.3 is 33.9 Å². The van der Waals surface area contributed by atoms with E-state index in [4.69, 9.17) is 23.7 Å². The lowest BCUT2D eigenvalue weighted by atomic mass is 9.74. The van der Waals surface area contributed by atoms with Crippen LogP contribution in [0.3, 0.4) is 0 Å². The van der Waals surface area contributed by atoms with E-state index in [0.717, 1.165) is 34.6 Å². The van der Waals surface area contributed by atoms with Gasteiger partial charge >= 0.3 is 29.8 Å². The standard InChI is InChI=1S/C17H24O12/c1-7(18)25-6-17(24)15(28-10(4)21)13(26-8(2)19)12(23)14(27-9(3)20)16(17)29-11(5)22/h12-16,23-24H,6H2,1-5H3. The van der Waals surface area contributed by atoms with Crippen molar-refractivity contribution < 1.29 is 57.9 Å². The zero-order valence-corrected chi connectivity index (χ0v) is 16.6. The summed E-state index contributed by atoms with van der Waals surface area (Å²) in [6.45, 7) is 4.05. The fourth-order valence-corrected chi connectivity index (χ4v) is 3.00. The van der Waals surface area contributed by atoms with Gasteiger partial charge in [0.25, 0.3) is 0 Å². The van der Waals surface area contributed by atoms with E-state index in [-0.39, 0.29) is 0 Å². The van der Waals surface area contributed by atoms with E-state index in [0.29, 0.717) is 0 Å². The number of carbonyl (C=O) groups is 5. The van der Waals surface area contributed by atoms with Gasteiger partial charge in [0.15, 0.2) is 30.0 Å². The molecule has 1 fully saturated rings. The van der Waals surface area contributed by atoms with Crippen LogP contribution in [0.4, 0.5) is 0 Å². The van der Waals surface area contributed by atoms with Crippen molar-refractivity contribution >= 4 is 29.8 Å². The largest absolute Gasteiger partial charge is 0.462 e. The molecule has 1 rings (SSSR count). The first-order valence-electron chi connectivity index (χ1n) is 8.52. The quantitative estimate of drug-likeness (QED) is 0.372. The van der Waals surface area contributed by atoms with E-state index in [1.807, 2.05) is 0 Å². The Morgan fingerprint density at radius 2 is 1.03 bits per heavy atom. The summed E-state index contributed by atoms with van der Waals surface area (Å²) in [5.74, 6) is -4.59. The molecule has 4 unspecified atom stereocenters. The Hall–Kier alpha value is -2.73. The van der Waals surface area contributed by atoms with Crippen LogP contribution >= 0.6 is 0 Å². The Morgan fingerprint density at radius 1 is 0.690 bits per heavy atom. The molecular formula is C17H24O12. The maximum atomic E-state index is 11.6. The summed E-state index contributed by atoms with van der Waals surface area (Å²) < 4.78 is 24.9. The second-order valence-corrected chi connectivity index (χ2v) is 6.47. The van der Waals surface area contributed by atoms with Gasteiger partial charge in [-0.2, -0.15) is 0 Å². The van der Waals surface area contributed by atoms with Crippen LogP contribution in [-0.4, -0.2) is 82.8 Å². The molecule has 4 atom stereocenters. The molecule has 0 radical (unpaired) electrons. The molecule has 12 heteroatoms. The second kappa shape index (κ2) is 9.65. The predicted octanol–water partition coefficient (Wildman–Crippen LogP) is -1.62. The first-order valence-corrected chi connectivity index (χ1v) is 8.52. The van der Waals surface area contributed by atoms with E-state index in [2.05, 4.69) is 0 Å². The third kappa shape index (κ3) is 6.12. The molecule has 1 aliphatic carbocycles. The van der Waals surface area contributed by atoms with Gasteiger partial charge in [-0.05, 0) is 0 Å². The monoisotopic (exact) mass is 420 g/mol. The highest BCUT2D eigenvalue weighted by Crippen LogP contribution is 2.38. The molecule has 0 spiro atoms. The van der Waals surface area contributed by atoms with Crippen molar-refractivity contribution in [2.24, 2.45) is 0 Å². The highest BCUT2D eigenvalue weighted by atomic mass is 16.6. The number of hydrogen-bond donors (Lipinski definition) is 2. The van der Waals surface area contributed by atoms with Crippen LogP contribution < -0.4 is 0 Å². The van der Waals surface area contributed by atoms with E-state index < -0.39 is 72.6 Å². The number of aliphatic hydroxyl groups is 2. The smallest absolute Gasteiger partial charge is 0.303 e. The predicted molar refractivity (Wildman–Crippen MR) is 89.8 cm³/mol. The van der Waals surface area contributed by atoms with Crippen LogP contribution in [0, 0.1) is 0 Å². The van der Waals surface area contributed by atoms with E-state index in [1.165, 1.54) is 0 Å². The van der Waals surface area contributed by atoms with Crippen LogP contribution in [0.5, 0.6) is 0 Å². The molecule has 0 aromatic carbocycles. The zero-order valence-electron chi connectivity index (χ0n) is 16.6. The van der Waals surface area contributed by atoms with Gasteiger partial charge in [0.05, 0.1) is 0 Å². The van der Waals surface area contributed by atoms with Crippen molar-refractivity contribution in [3.63, 3.8) is 0 Å². The Bertz CT molecular complexity index is 627. The molecule has 0 aliphatic heterocycles. The first-order chi connectivity index (χ1) is 13.3. The molecule has 12 nitrogen and oxygen atoms in total. The van der Waals surface area contributed by atoms with Gasteiger partial charge in [-0.1, -0.05) is 0 Å². The third-order valence-corrected chi connectivity index (χ3v) is 3.95. The number of ether oxygens (including phenoxy) is 5. The van der Waals surface area contributed by atoms with Gasteiger partial charge in [-0.15, -0.1) is 0 Å². The molecule has 164 valence electrons. The van der Waals surface area contributed by atoms with Gasteiger partial charge in [0.2, 0.25) is 0 Å². The molecule has 1 saturated carbocycles. The average molecular weight is 420 g/mol. The number of aliphatic hydroxyl groups excluding tert-OH is 1. The molecule has 0 aromatic heterocycles. The zero-order chi connectivity index (χ0) is 22.5. The highest BCUT2D eigenvalue weighted by molar-refractivity contribution is 5.69. The average Bonchev–Trinajstić information content (AvgIpc) is 2.56. The summed E-state index contributed by atoms with van der Waals surface area (Å²) >= 11 is 0. The van der Waals surface area contributed by atoms with Crippen molar-refractivity contribution in [3.05, 3.63) is 0 Å². The van der Waals surface area contributed by atoms with Gasteiger partial charge in [0, 0.05) is 34.6 Å². The van der Waals surface area contributed by atoms with Crippen LogP contribution in [0.25, 0.3) is 0 Å². The van der Waals surface area contributed by atoms with Crippen LogP contribution in [0.2, 0.25) is 0 Å². The van der Waals surface area contributed by atoms with Crippen molar-refractivity contribution in [1.29, 1.82) is 0 Å². The van der Waals surface area contributed by atoms with Crippen molar-refractivity contribution in [3.8, 4) is 0 Å². The lowest BCUT2D eigenvalue weighted by Crippen LogP contribution is -2.75. The lowest BCUT2D eigenvalue weighted by Gasteiger charge is -2.50. The van der Waals surface area contributed by atoms with Crippen molar-refractivity contribution in [2.45, 2.75) is 70.7 Å². The minimum absolute atomic E-state index is 0.847. The molecule has 1 aliphatic rings. The molecule has 0 saturated heterocycles. The van der Waals surface area contributed by atoms with E-state index in [1.54, 1.807) is 0 Å². The van der Waals surface area contributed by atoms with Crippen LogP contribution in [-0.2, 0) is 47.7 Å². The van der Waals surface area contributed by atoms with Gasteiger partial charge in [0.1, 0.15) is 12.7 Å². The topological polar surface area (TPSA) is 172 Å². The molecule has 0 amide bonds. The lowest BCUT2D eigenvalue weighted by molar-refractivity contribution is -0.291. The minimum Gasteiger partial charge on any atom is -0.462 e. The number of esters is 5. The molecule has 29 heavy (non-hydrogen) atoms. The van der Waals surface area contributed by atoms with Crippen molar-refractivity contribution in [1.82, 2.24) is 0 Å². The van der Waals surface area contributed by atoms with E-state index >= 15 is 0 Å². The Labute approximate surface area is 166 Å². The molecule has 0 heterocycles. The SMILES string of the molecule is CC(=O)OCC1(O)C(OC(C)=O)C(OC(C)=O)C(O)C(OC(C)=O)C1OC(C)=O. The molecular weight excluding hydrogens is 396 g/mol. The Kier molecular flexibility index (Phi) is 8.09. The van der Waals surface area contributed by atoms with Crippen LogP contribution in [0.1, 0.15) is 34.6 Å². The van der Waals surface area contributed by atoms with Crippen molar-refractivity contribution in [2.75, 3.05) is 6.61 Å². The molecule has 0 aromatic rings. The highest BCUT2D eigenvalue weighted by Gasteiger charge is 2.65. The maximum Gasteiger partial charge on any atom is 0.303 e. The second-order valence-electron chi connectivity index (χ2n) is 6.47. The van der Waals surface area contributed by atoms with Gasteiger partial charge in [-0.3, -0.25) is 24.0 Å². The maximum absolute atomic E-state index is 11.6. The number of carbonyl (C=O) groups excluding carboxylic acids is 5. The Morgan fingerprint density at radius 3 is 1.31 bits per heavy atom. The summed E-state index contributed by atoms with van der Waals surface area (Å²) in [7, 11) is 0. The summed E-state index contributed by atoms with van der Waals surface area (Å²) in [5, 5.41) is 21.9. The Balaban J connectivity index is 3.60. The normalized spacial score (nSPS) is 31.2. The fraction of sp³-hybridized carbons (Fsp3) is 0.706. The molecule has 2 N–H and O–H groups in total. The minimum atomic E-state index is -2.54. The number of hydrogen-bond acceptors (Lipinski definition) is 12. The summed E-state index contributed by atoms with van der Waals surface area (Å²) in [6, 6.07) is 0. The summed E-state index contributed by atoms with van der Waals surface area (Å²) in [4.78, 5) is 57.6. The summed E-state index contributed by atoms with van der Waals surface area (Å²) in [5.41, 5.74) is -2.54. The van der Waals surface area contributed by atoms with E-state index in [9.17, 15) is 34.2 Å². The van der Waals surface area contributed by atoms with Crippen LogP contribution in [0.15, 0.2) is 0 Å². The fourth-order valence-electron chi connectivity index (χ4n) is 3.00.